The van der Waals surface area contributed by atoms with Gasteiger partial charge in [-0.25, -0.2) is 18.1 Å². The van der Waals surface area contributed by atoms with E-state index in [-0.39, 0.29) is 28.2 Å². The van der Waals surface area contributed by atoms with Crippen molar-refractivity contribution < 1.29 is 18.7 Å². The van der Waals surface area contributed by atoms with E-state index < -0.39 is 17.6 Å². The van der Waals surface area contributed by atoms with Gasteiger partial charge in [0.25, 0.3) is 0 Å². The molecule has 6 nitrogen and oxygen atoms in total. The summed E-state index contributed by atoms with van der Waals surface area (Å²) in [7, 11) is 0. The van der Waals surface area contributed by atoms with Crippen LogP contribution in [0.25, 0.3) is 16.8 Å². The van der Waals surface area contributed by atoms with Gasteiger partial charge in [-0.3, -0.25) is 0 Å². The smallest absolute Gasteiger partial charge is 0.336 e. The normalized spacial score (nSPS) is 11.0. The predicted molar refractivity (Wildman–Crippen MR) is 74.4 cm³/mol. The van der Waals surface area contributed by atoms with Gasteiger partial charge in [0, 0.05) is 17.3 Å². The number of hydrogen-bond donors (Lipinski definition) is 2. The Morgan fingerprint density at radius 1 is 1.32 bits per heavy atom. The molecular formula is C14H10F2N4O2. The van der Waals surface area contributed by atoms with Crippen LogP contribution in [0.15, 0.2) is 24.4 Å². The van der Waals surface area contributed by atoms with Crippen molar-refractivity contribution in [2.75, 3.05) is 5.73 Å². The third-order valence-electron chi connectivity index (χ3n) is 3.35. The van der Waals surface area contributed by atoms with Gasteiger partial charge < -0.3 is 10.8 Å². The van der Waals surface area contributed by atoms with E-state index in [0.29, 0.717) is 5.65 Å². The molecule has 3 rings (SSSR count). The molecule has 3 aromatic rings. The lowest BCUT2D eigenvalue weighted by Gasteiger charge is -2.09. The molecule has 2 aromatic heterocycles. The highest BCUT2D eigenvalue weighted by atomic mass is 19.2. The summed E-state index contributed by atoms with van der Waals surface area (Å²) in [5, 5.41) is 13.0. The molecule has 0 atom stereocenters. The van der Waals surface area contributed by atoms with Crippen LogP contribution in [-0.4, -0.2) is 25.7 Å². The number of nitrogens with two attached hydrogens (primary N) is 1. The number of benzene rings is 1. The van der Waals surface area contributed by atoms with Crippen LogP contribution >= 0.6 is 0 Å². The standard InChI is InChI=1S/C14H10F2N4O2/c1-6-8(13(21)22)5-9(12(16)11(6)15)7-2-3-20-10(4-7)18-14(17)19-20/h2-5H,1H3,(H2,17,19)(H,21,22). The number of rotatable bonds is 2. The van der Waals surface area contributed by atoms with Gasteiger partial charge in [0.1, 0.15) is 0 Å². The van der Waals surface area contributed by atoms with E-state index in [0.717, 1.165) is 6.07 Å². The zero-order chi connectivity index (χ0) is 16.0. The first-order valence-corrected chi connectivity index (χ1v) is 6.22. The van der Waals surface area contributed by atoms with Crippen LogP contribution in [0.5, 0.6) is 0 Å². The van der Waals surface area contributed by atoms with Gasteiger partial charge in [0.15, 0.2) is 17.3 Å². The molecule has 1 aromatic carbocycles. The van der Waals surface area contributed by atoms with Crippen LogP contribution < -0.4 is 5.73 Å². The Morgan fingerprint density at radius 2 is 2.05 bits per heavy atom. The molecular weight excluding hydrogens is 294 g/mol. The monoisotopic (exact) mass is 304 g/mol. The summed E-state index contributed by atoms with van der Waals surface area (Å²) in [6, 6.07) is 4.02. The number of nitrogen functional groups attached to an aromatic ring is 1. The van der Waals surface area contributed by atoms with Gasteiger partial charge in [0.05, 0.1) is 5.56 Å². The highest BCUT2D eigenvalue weighted by molar-refractivity contribution is 5.91. The maximum Gasteiger partial charge on any atom is 0.336 e. The Morgan fingerprint density at radius 3 is 2.73 bits per heavy atom. The SMILES string of the molecule is Cc1c(C(=O)O)cc(-c2ccn3nc(N)nc3c2)c(F)c1F. The third kappa shape index (κ3) is 2.05. The molecule has 0 unspecified atom stereocenters. The maximum atomic E-state index is 14.2. The molecule has 0 aliphatic rings. The van der Waals surface area contributed by atoms with Crippen molar-refractivity contribution in [3.63, 3.8) is 0 Å². The molecule has 2 heterocycles. The number of anilines is 1. The molecule has 22 heavy (non-hydrogen) atoms. The fraction of sp³-hybridized carbons (Fsp3) is 0.0714. The van der Waals surface area contributed by atoms with Crippen molar-refractivity contribution in [1.29, 1.82) is 0 Å². The zero-order valence-corrected chi connectivity index (χ0v) is 11.3. The van der Waals surface area contributed by atoms with E-state index in [4.69, 9.17) is 10.8 Å². The Balaban J connectivity index is 2.27. The number of aromatic carboxylic acids is 1. The molecule has 112 valence electrons. The first-order valence-electron chi connectivity index (χ1n) is 6.22. The molecule has 0 aliphatic carbocycles. The number of carbonyl (C=O) groups is 1. The second-order valence-electron chi connectivity index (χ2n) is 4.72. The molecule has 0 radical (unpaired) electrons. The van der Waals surface area contributed by atoms with Crippen molar-refractivity contribution in [2.24, 2.45) is 0 Å². The minimum Gasteiger partial charge on any atom is -0.478 e. The molecule has 0 amide bonds. The topological polar surface area (TPSA) is 93.5 Å². The Bertz CT molecular complexity index is 921. The zero-order valence-electron chi connectivity index (χ0n) is 11.3. The van der Waals surface area contributed by atoms with Gasteiger partial charge >= 0.3 is 5.97 Å². The van der Waals surface area contributed by atoms with Gasteiger partial charge in [0.2, 0.25) is 5.95 Å². The van der Waals surface area contributed by atoms with Crippen molar-refractivity contribution in [2.45, 2.75) is 6.92 Å². The average Bonchev–Trinajstić information content (AvgIpc) is 2.83. The number of hydrogen-bond acceptors (Lipinski definition) is 4. The van der Waals surface area contributed by atoms with E-state index >= 15 is 0 Å². The summed E-state index contributed by atoms with van der Waals surface area (Å²) in [6.07, 6.45) is 1.48. The number of carboxylic acids is 1. The Hall–Kier alpha value is -3.03. The molecule has 0 spiro atoms. The summed E-state index contributed by atoms with van der Waals surface area (Å²) in [5.74, 6) is -3.58. The molecule has 0 saturated carbocycles. The molecule has 0 aliphatic heterocycles. The average molecular weight is 304 g/mol. The van der Waals surface area contributed by atoms with Gasteiger partial charge in [-0.15, -0.1) is 5.10 Å². The van der Waals surface area contributed by atoms with E-state index in [9.17, 15) is 13.6 Å². The van der Waals surface area contributed by atoms with Crippen LogP contribution in [0.4, 0.5) is 14.7 Å². The lowest BCUT2D eigenvalue weighted by Crippen LogP contribution is -2.05. The summed E-state index contributed by atoms with van der Waals surface area (Å²) < 4.78 is 29.5. The molecule has 0 saturated heterocycles. The lowest BCUT2D eigenvalue weighted by atomic mass is 9.99. The minimum absolute atomic E-state index is 0.0407. The summed E-state index contributed by atoms with van der Waals surface area (Å²) in [6.45, 7) is 1.22. The van der Waals surface area contributed by atoms with E-state index in [2.05, 4.69) is 10.1 Å². The molecule has 8 heteroatoms. The van der Waals surface area contributed by atoms with E-state index in [1.54, 1.807) is 0 Å². The van der Waals surface area contributed by atoms with Crippen LogP contribution in [-0.2, 0) is 0 Å². The number of carboxylic acid groups (broad SMARTS) is 1. The van der Waals surface area contributed by atoms with Crippen molar-refractivity contribution in [3.05, 3.63) is 47.2 Å². The number of aromatic nitrogens is 3. The first kappa shape index (κ1) is 13.9. The second-order valence-corrected chi connectivity index (χ2v) is 4.72. The lowest BCUT2D eigenvalue weighted by molar-refractivity contribution is 0.0695. The maximum absolute atomic E-state index is 14.2. The largest absolute Gasteiger partial charge is 0.478 e. The Kier molecular flexibility index (Phi) is 3.01. The number of pyridine rings is 1. The van der Waals surface area contributed by atoms with Crippen LogP contribution in [0, 0.1) is 18.6 Å². The Labute approximate surface area is 122 Å². The fourth-order valence-electron chi connectivity index (χ4n) is 2.22. The van der Waals surface area contributed by atoms with Crippen molar-refractivity contribution >= 4 is 17.6 Å². The highest BCUT2D eigenvalue weighted by Gasteiger charge is 2.20. The van der Waals surface area contributed by atoms with E-state index in [1.165, 1.54) is 29.8 Å². The van der Waals surface area contributed by atoms with Crippen LogP contribution in [0.3, 0.4) is 0 Å². The van der Waals surface area contributed by atoms with Crippen molar-refractivity contribution in [3.8, 4) is 11.1 Å². The second kappa shape index (κ2) is 4.76. The fourth-order valence-corrected chi connectivity index (χ4v) is 2.22. The van der Waals surface area contributed by atoms with Gasteiger partial charge in [-0.2, -0.15) is 4.98 Å². The van der Waals surface area contributed by atoms with Crippen molar-refractivity contribution in [1.82, 2.24) is 14.6 Å². The van der Waals surface area contributed by atoms with E-state index in [1.807, 2.05) is 0 Å². The molecule has 0 bridgehead atoms. The predicted octanol–water partition coefficient (Wildman–Crippen LogP) is 2.26. The number of halogens is 2. The number of nitrogens with zero attached hydrogens (tertiary/aromatic N) is 3. The summed E-state index contributed by atoms with van der Waals surface area (Å²) in [5.41, 5.74) is 5.37. The van der Waals surface area contributed by atoms with Crippen LogP contribution in [0.2, 0.25) is 0 Å². The quantitative estimate of drug-likeness (QED) is 0.757. The highest BCUT2D eigenvalue weighted by Crippen LogP contribution is 2.29. The van der Waals surface area contributed by atoms with Gasteiger partial charge in [-0.1, -0.05) is 0 Å². The first-order chi connectivity index (χ1) is 10.4. The minimum atomic E-state index is -1.33. The summed E-state index contributed by atoms with van der Waals surface area (Å²) in [4.78, 5) is 15.1. The molecule has 3 N–H and O–H groups in total. The van der Waals surface area contributed by atoms with Gasteiger partial charge in [-0.05, 0) is 30.7 Å². The molecule has 0 fully saturated rings. The van der Waals surface area contributed by atoms with Crippen LogP contribution in [0.1, 0.15) is 15.9 Å². The number of fused-ring (bicyclic) bond motifs is 1. The third-order valence-corrected chi connectivity index (χ3v) is 3.35. The summed E-state index contributed by atoms with van der Waals surface area (Å²) >= 11 is 0.